The maximum absolute atomic E-state index is 12.2. The largest absolute Gasteiger partial charge is 0.387 e. The predicted molar refractivity (Wildman–Crippen MR) is 97.4 cm³/mol. The molecule has 0 aromatic rings. The van der Waals surface area contributed by atoms with Gasteiger partial charge in [0.15, 0.2) is 5.78 Å². The van der Waals surface area contributed by atoms with E-state index >= 15 is 0 Å². The minimum Gasteiger partial charge on any atom is -0.387 e. The van der Waals surface area contributed by atoms with Crippen molar-refractivity contribution in [1.29, 1.82) is 0 Å². The van der Waals surface area contributed by atoms with Crippen molar-refractivity contribution < 1.29 is 9.59 Å². The molecular weight excluding hydrogens is 312 g/mol. The lowest BCUT2D eigenvalue weighted by atomic mass is 9.48. The topological polar surface area (TPSA) is 72.2 Å². The van der Waals surface area contributed by atoms with Gasteiger partial charge in [-0.15, -0.1) is 0 Å². The Hall–Kier alpha value is -1.32. The molecule has 6 atom stereocenters. The van der Waals surface area contributed by atoms with Crippen LogP contribution in [-0.2, 0) is 9.59 Å². The monoisotopic (exact) mass is 344 g/mol. The van der Waals surface area contributed by atoms with Gasteiger partial charge in [0.25, 0.3) is 0 Å². The van der Waals surface area contributed by atoms with Crippen LogP contribution in [-0.4, -0.2) is 18.2 Å². The Morgan fingerprint density at radius 2 is 2.12 bits per heavy atom. The van der Waals surface area contributed by atoms with Crippen LogP contribution >= 0.6 is 0 Å². The van der Waals surface area contributed by atoms with Gasteiger partial charge in [-0.1, -0.05) is 20.3 Å². The lowest BCUT2D eigenvalue weighted by Gasteiger charge is -2.59. The zero-order valence-electron chi connectivity index (χ0n) is 15.6. The molecule has 1 unspecified atom stereocenters. The quantitative estimate of drug-likeness (QED) is 0.826. The van der Waals surface area contributed by atoms with Crippen LogP contribution in [0.2, 0.25) is 0 Å². The van der Waals surface area contributed by atoms with Crippen LogP contribution in [0, 0.1) is 34.5 Å². The van der Waals surface area contributed by atoms with Crippen LogP contribution in [0.5, 0.6) is 0 Å². The molecule has 3 fully saturated rings. The Morgan fingerprint density at radius 1 is 1.32 bits per heavy atom. The number of rotatable bonds is 3. The summed E-state index contributed by atoms with van der Waals surface area (Å²) in [5, 5.41) is 3.63. The van der Waals surface area contributed by atoms with Crippen LogP contribution in [0.3, 0.4) is 0 Å². The summed E-state index contributed by atoms with van der Waals surface area (Å²) < 4.78 is 0. The van der Waals surface area contributed by atoms with Gasteiger partial charge in [0.1, 0.15) is 0 Å². The van der Waals surface area contributed by atoms with Gasteiger partial charge >= 0.3 is 0 Å². The molecule has 4 rings (SSSR count). The summed E-state index contributed by atoms with van der Waals surface area (Å²) in [5.41, 5.74) is 7.26. The van der Waals surface area contributed by atoms with Crippen molar-refractivity contribution >= 4 is 11.7 Å². The normalized spacial score (nSPS) is 44.0. The van der Waals surface area contributed by atoms with Crippen molar-refractivity contribution in [3.8, 4) is 0 Å². The number of nitrogens with one attached hydrogen (secondary N) is 1. The molecule has 3 N–H and O–H groups in total. The minimum atomic E-state index is -0.0910. The average molecular weight is 344 g/mol. The first-order chi connectivity index (χ1) is 11.9. The van der Waals surface area contributed by atoms with Gasteiger partial charge in [0, 0.05) is 36.1 Å². The Morgan fingerprint density at radius 3 is 2.84 bits per heavy atom. The Balaban J connectivity index is 1.68. The number of amides is 1. The molecule has 0 bridgehead atoms. The first kappa shape index (κ1) is 17.1. The molecule has 4 aliphatic rings. The Labute approximate surface area is 151 Å². The molecule has 1 heterocycles. The molecule has 25 heavy (non-hydrogen) atoms. The van der Waals surface area contributed by atoms with Crippen LogP contribution in [0.15, 0.2) is 11.8 Å². The molecule has 138 valence electrons. The minimum absolute atomic E-state index is 0.0265. The number of hydrogen-bond acceptors (Lipinski definition) is 3. The van der Waals surface area contributed by atoms with E-state index in [9.17, 15) is 9.59 Å². The first-order valence-corrected chi connectivity index (χ1v) is 10.2. The zero-order valence-corrected chi connectivity index (χ0v) is 15.6. The lowest BCUT2D eigenvalue weighted by Crippen LogP contribution is -2.58. The van der Waals surface area contributed by atoms with E-state index < -0.39 is 0 Å². The second-order valence-corrected chi connectivity index (χ2v) is 9.23. The molecule has 2 saturated carbocycles. The molecule has 1 aliphatic heterocycles. The molecule has 3 aliphatic carbocycles. The summed E-state index contributed by atoms with van der Waals surface area (Å²) in [4.78, 5) is 24.1. The molecule has 0 aromatic heterocycles. The van der Waals surface area contributed by atoms with Crippen molar-refractivity contribution in [2.75, 3.05) is 6.54 Å². The van der Waals surface area contributed by atoms with Gasteiger partial charge in [-0.25, -0.2) is 0 Å². The van der Waals surface area contributed by atoms with Gasteiger partial charge in [0.2, 0.25) is 5.91 Å². The highest BCUT2D eigenvalue weighted by Gasteiger charge is 2.60. The zero-order chi connectivity index (χ0) is 17.8. The third-order valence-corrected chi connectivity index (χ3v) is 8.45. The maximum Gasteiger partial charge on any atom is 0.221 e. The van der Waals surface area contributed by atoms with E-state index in [2.05, 4.69) is 19.2 Å². The van der Waals surface area contributed by atoms with E-state index in [-0.39, 0.29) is 28.4 Å². The van der Waals surface area contributed by atoms with Crippen LogP contribution in [0.25, 0.3) is 0 Å². The van der Waals surface area contributed by atoms with Crippen LogP contribution in [0.4, 0.5) is 0 Å². The number of fused-ring (bicyclic) bond motifs is 5. The summed E-state index contributed by atoms with van der Waals surface area (Å²) in [6.45, 7) is 5.45. The fraction of sp³-hybridized carbons (Fsp3) is 0.810. The number of carbonyl (C=O) groups is 2. The van der Waals surface area contributed by atoms with E-state index in [1.807, 2.05) is 6.08 Å². The number of primary amides is 1. The fourth-order valence-corrected chi connectivity index (χ4v) is 7.35. The van der Waals surface area contributed by atoms with E-state index in [0.717, 1.165) is 25.8 Å². The van der Waals surface area contributed by atoms with Gasteiger partial charge in [-0.3, -0.25) is 9.59 Å². The van der Waals surface area contributed by atoms with Gasteiger partial charge < -0.3 is 11.1 Å². The molecule has 4 heteroatoms. The number of hydrogen-bond donors (Lipinski definition) is 2. The highest BCUT2D eigenvalue weighted by atomic mass is 16.1. The highest BCUT2D eigenvalue weighted by Crippen LogP contribution is 2.65. The van der Waals surface area contributed by atoms with Crippen molar-refractivity contribution in [2.24, 2.45) is 40.2 Å². The average Bonchev–Trinajstić information content (AvgIpc) is 3.00. The summed E-state index contributed by atoms with van der Waals surface area (Å²) >= 11 is 0. The predicted octanol–water partition coefficient (Wildman–Crippen LogP) is 3.17. The summed E-state index contributed by atoms with van der Waals surface area (Å²) in [7, 11) is 0. The molecule has 1 amide bonds. The molecule has 0 aromatic carbocycles. The lowest BCUT2D eigenvalue weighted by molar-refractivity contribution is -0.134. The number of nitrogens with two attached hydrogens (primary N) is 1. The molecule has 1 saturated heterocycles. The SMILES string of the molecule is CCC(C(N)=O)[C@@]12CCC[C@H]1[C@@H]1CNC3=CC(=O)CC[C@]3(C)[C@H]1CC2. The van der Waals surface area contributed by atoms with Crippen molar-refractivity contribution in [2.45, 2.75) is 65.2 Å². The second-order valence-electron chi connectivity index (χ2n) is 9.23. The molecular formula is C21H32N2O2. The standard InChI is InChI=1S/C21H32N2O2/c1-3-15(19(22)25)21-8-4-5-17(21)14-12-23-18-11-13(24)6-9-20(18,2)16(14)7-10-21/h11,14-17,23H,3-10,12H2,1-2H3,(H2,22,25)/t14-,15?,16+,17+,20-,21+/m1/s1. The second kappa shape index (κ2) is 5.85. The smallest absolute Gasteiger partial charge is 0.221 e. The molecule has 0 spiro atoms. The van der Waals surface area contributed by atoms with Gasteiger partial charge in [-0.05, 0) is 61.7 Å². The van der Waals surface area contributed by atoms with E-state index in [0.29, 0.717) is 24.2 Å². The number of ketones is 1. The molecule has 0 radical (unpaired) electrons. The summed E-state index contributed by atoms with van der Waals surface area (Å²) in [6, 6.07) is 0. The first-order valence-electron chi connectivity index (χ1n) is 10.2. The van der Waals surface area contributed by atoms with Crippen LogP contribution in [0.1, 0.15) is 65.2 Å². The Bertz CT molecular complexity index is 627. The van der Waals surface area contributed by atoms with Gasteiger partial charge in [-0.2, -0.15) is 0 Å². The maximum atomic E-state index is 12.2. The Kier molecular flexibility index (Phi) is 4.01. The number of carbonyl (C=O) groups excluding carboxylic acids is 2. The summed E-state index contributed by atoms with van der Waals surface area (Å²) in [6.07, 6.45) is 10.3. The van der Waals surface area contributed by atoms with E-state index in [1.54, 1.807) is 0 Å². The summed E-state index contributed by atoms with van der Waals surface area (Å²) in [5.74, 6) is 2.05. The van der Waals surface area contributed by atoms with Crippen molar-refractivity contribution in [1.82, 2.24) is 5.32 Å². The van der Waals surface area contributed by atoms with Crippen molar-refractivity contribution in [3.05, 3.63) is 11.8 Å². The van der Waals surface area contributed by atoms with Gasteiger partial charge in [0.05, 0.1) is 0 Å². The third kappa shape index (κ3) is 2.32. The number of allylic oxidation sites excluding steroid dienone is 2. The van der Waals surface area contributed by atoms with Crippen LogP contribution < -0.4 is 11.1 Å². The van der Waals surface area contributed by atoms with Crippen molar-refractivity contribution in [3.63, 3.8) is 0 Å². The van der Waals surface area contributed by atoms with E-state index in [1.165, 1.54) is 31.4 Å². The highest BCUT2D eigenvalue weighted by molar-refractivity contribution is 5.91. The van der Waals surface area contributed by atoms with E-state index in [4.69, 9.17) is 5.73 Å². The number of piperidine rings is 1. The molecule has 4 nitrogen and oxygen atoms in total. The fourth-order valence-electron chi connectivity index (χ4n) is 7.35. The third-order valence-electron chi connectivity index (χ3n) is 8.45.